The molecule has 0 saturated carbocycles. The number of nitrogens with zero attached hydrogens (tertiary/aromatic N) is 1. The van der Waals surface area contributed by atoms with E-state index in [4.69, 9.17) is 5.11 Å². The third kappa shape index (κ3) is 4.06. The molecule has 3 aromatic rings. The lowest BCUT2D eigenvalue weighted by molar-refractivity contribution is -0.136. The zero-order valence-corrected chi connectivity index (χ0v) is 15.6. The molecule has 0 aromatic heterocycles. The lowest BCUT2D eigenvalue weighted by Crippen LogP contribution is -2.30. The summed E-state index contributed by atoms with van der Waals surface area (Å²) in [7, 11) is 0. The summed E-state index contributed by atoms with van der Waals surface area (Å²) in [5.74, 6) is -1.00. The summed E-state index contributed by atoms with van der Waals surface area (Å²) in [5, 5.41) is 8.86. The number of halogens is 1. The number of anilines is 1. The van der Waals surface area contributed by atoms with Crippen molar-refractivity contribution in [3.05, 3.63) is 89.2 Å². The number of carboxylic acids is 1. The first-order valence-corrected chi connectivity index (χ1v) is 9.52. The monoisotopic (exact) mass is 375 g/mol. The van der Waals surface area contributed by atoms with Gasteiger partial charge in [0.1, 0.15) is 5.82 Å². The maximum absolute atomic E-state index is 14.3. The highest BCUT2D eigenvalue weighted by atomic mass is 19.1. The lowest BCUT2D eigenvalue weighted by atomic mass is 9.95. The number of carbonyl (C=O) groups is 1. The van der Waals surface area contributed by atoms with Gasteiger partial charge < -0.3 is 10.0 Å². The van der Waals surface area contributed by atoms with Crippen LogP contribution in [0.1, 0.15) is 23.1 Å². The minimum Gasteiger partial charge on any atom is -0.481 e. The number of hydrogen-bond acceptors (Lipinski definition) is 2. The van der Waals surface area contributed by atoms with Gasteiger partial charge in [0, 0.05) is 25.2 Å². The van der Waals surface area contributed by atoms with E-state index in [1.165, 1.54) is 11.1 Å². The molecule has 0 saturated heterocycles. The molecule has 142 valence electrons. The fraction of sp³-hybridized carbons (Fsp3) is 0.208. The molecule has 28 heavy (non-hydrogen) atoms. The maximum Gasteiger partial charge on any atom is 0.303 e. The van der Waals surface area contributed by atoms with Crippen molar-refractivity contribution in [2.45, 2.75) is 25.8 Å². The Morgan fingerprint density at radius 3 is 2.57 bits per heavy atom. The molecule has 0 bridgehead atoms. The summed E-state index contributed by atoms with van der Waals surface area (Å²) < 4.78 is 14.3. The molecule has 4 heteroatoms. The molecule has 0 aliphatic carbocycles. The van der Waals surface area contributed by atoms with Crippen molar-refractivity contribution in [1.82, 2.24) is 0 Å². The van der Waals surface area contributed by atoms with Crippen molar-refractivity contribution in [3.63, 3.8) is 0 Å². The van der Waals surface area contributed by atoms with Crippen LogP contribution < -0.4 is 4.90 Å². The normalized spacial score (nSPS) is 13.2. The van der Waals surface area contributed by atoms with Gasteiger partial charge in [-0.15, -0.1) is 0 Å². The molecule has 0 spiro atoms. The molecule has 1 N–H and O–H groups in total. The van der Waals surface area contributed by atoms with Gasteiger partial charge in [0.25, 0.3) is 0 Å². The minimum absolute atomic E-state index is 0.149. The third-order valence-electron chi connectivity index (χ3n) is 5.27. The van der Waals surface area contributed by atoms with Crippen LogP contribution in [0.5, 0.6) is 0 Å². The first kappa shape index (κ1) is 18.2. The molecule has 0 atom stereocenters. The smallest absolute Gasteiger partial charge is 0.303 e. The molecule has 0 fully saturated rings. The van der Waals surface area contributed by atoms with Crippen LogP contribution in [0, 0.1) is 5.82 Å². The number of aryl methyl sites for hydroxylation is 1. The van der Waals surface area contributed by atoms with Crippen LogP contribution in [0.4, 0.5) is 10.1 Å². The molecule has 1 aliphatic heterocycles. The van der Waals surface area contributed by atoms with Crippen molar-refractivity contribution in [2.75, 3.05) is 11.4 Å². The van der Waals surface area contributed by atoms with Gasteiger partial charge in [-0.25, -0.2) is 4.39 Å². The predicted molar refractivity (Wildman–Crippen MR) is 109 cm³/mol. The molecule has 0 unspecified atom stereocenters. The second-order valence-electron chi connectivity index (χ2n) is 7.23. The van der Waals surface area contributed by atoms with Gasteiger partial charge in [0.05, 0.1) is 0 Å². The highest BCUT2D eigenvalue weighted by molar-refractivity contribution is 5.69. The SMILES string of the molecule is O=C(O)CCc1ccc2c(c1)CCN(c1cc(F)cc(-c3ccccc3)c1)C2. The van der Waals surface area contributed by atoms with E-state index in [2.05, 4.69) is 17.0 Å². The average molecular weight is 375 g/mol. The maximum atomic E-state index is 14.3. The average Bonchev–Trinajstić information content (AvgIpc) is 2.72. The molecule has 4 rings (SSSR count). The predicted octanol–water partition coefficient (Wildman–Crippen LogP) is 5.07. The van der Waals surface area contributed by atoms with Crippen LogP contribution in [-0.2, 0) is 24.2 Å². The first-order chi connectivity index (χ1) is 13.6. The van der Waals surface area contributed by atoms with Crippen LogP contribution in [0.25, 0.3) is 11.1 Å². The molecule has 1 heterocycles. The zero-order valence-electron chi connectivity index (χ0n) is 15.6. The lowest BCUT2D eigenvalue weighted by Gasteiger charge is -2.31. The summed E-state index contributed by atoms with van der Waals surface area (Å²) in [4.78, 5) is 13.0. The molecule has 0 amide bonds. The molecular formula is C24H22FNO2. The molecule has 3 nitrogen and oxygen atoms in total. The van der Waals surface area contributed by atoms with Crippen LogP contribution in [0.15, 0.2) is 66.7 Å². The second-order valence-corrected chi connectivity index (χ2v) is 7.23. The van der Waals surface area contributed by atoms with Gasteiger partial charge in [-0.2, -0.15) is 0 Å². The van der Waals surface area contributed by atoms with Crippen LogP contribution >= 0.6 is 0 Å². The van der Waals surface area contributed by atoms with E-state index >= 15 is 0 Å². The standard InChI is InChI=1S/C24H22FNO2/c25-22-13-21(18-4-2-1-3-5-18)14-23(15-22)26-11-10-19-12-17(7-9-24(27)28)6-8-20(19)16-26/h1-6,8,12-15H,7,9-11,16H2,(H,27,28). The van der Waals surface area contributed by atoms with Gasteiger partial charge in [0.15, 0.2) is 0 Å². The summed E-state index contributed by atoms with van der Waals surface area (Å²) in [5.41, 5.74) is 6.31. The summed E-state index contributed by atoms with van der Waals surface area (Å²) in [6, 6.07) is 21.3. The van der Waals surface area contributed by atoms with Crippen molar-refractivity contribution >= 4 is 11.7 Å². The topological polar surface area (TPSA) is 40.5 Å². The van der Waals surface area contributed by atoms with Gasteiger partial charge >= 0.3 is 5.97 Å². The Hall–Kier alpha value is -3.14. The fourth-order valence-corrected chi connectivity index (χ4v) is 3.79. The van der Waals surface area contributed by atoms with Gasteiger partial charge in [-0.1, -0.05) is 48.5 Å². The van der Waals surface area contributed by atoms with Crippen molar-refractivity contribution in [2.24, 2.45) is 0 Å². The Morgan fingerprint density at radius 2 is 1.79 bits per heavy atom. The Balaban J connectivity index is 1.56. The van der Waals surface area contributed by atoms with E-state index in [1.54, 1.807) is 12.1 Å². The van der Waals surface area contributed by atoms with Gasteiger partial charge in [0.2, 0.25) is 0 Å². The Morgan fingerprint density at radius 1 is 0.964 bits per heavy atom. The minimum atomic E-state index is -0.774. The zero-order chi connectivity index (χ0) is 19.5. The van der Waals surface area contributed by atoms with Crippen molar-refractivity contribution < 1.29 is 14.3 Å². The van der Waals surface area contributed by atoms with E-state index < -0.39 is 5.97 Å². The quantitative estimate of drug-likeness (QED) is 0.677. The summed E-state index contributed by atoms with van der Waals surface area (Å²) in [6.45, 7) is 1.54. The van der Waals surface area contributed by atoms with Crippen LogP contribution in [-0.4, -0.2) is 17.6 Å². The number of hydrogen-bond donors (Lipinski definition) is 1. The molecule has 3 aromatic carbocycles. The largest absolute Gasteiger partial charge is 0.481 e. The summed E-state index contributed by atoms with van der Waals surface area (Å²) in [6.07, 6.45) is 1.57. The van der Waals surface area contributed by atoms with Crippen molar-refractivity contribution in [3.8, 4) is 11.1 Å². The van der Waals surface area contributed by atoms with Crippen molar-refractivity contribution in [1.29, 1.82) is 0 Å². The molecular weight excluding hydrogens is 353 g/mol. The van der Waals surface area contributed by atoms with E-state index in [9.17, 15) is 9.18 Å². The number of fused-ring (bicyclic) bond motifs is 1. The Bertz CT molecular complexity index is 1000. The van der Waals surface area contributed by atoms with Crippen LogP contribution in [0.2, 0.25) is 0 Å². The van der Waals surface area contributed by atoms with E-state index in [-0.39, 0.29) is 12.2 Å². The fourth-order valence-electron chi connectivity index (χ4n) is 3.79. The van der Waals surface area contributed by atoms with E-state index in [0.717, 1.165) is 41.9 Å². The number of carboxylic acid groups (broad SMARTS) is 1. The molecule has 1 aliphatic rings. The number of aliphatic carboxylic acids is 1. The van der Waals surface area contributed by atoms with Crippen LogP contribution in [0.3, 0.4) is 0 Å². The van der Waals surface area contributed by atoms with Gasteiger partial charge in [-0.05, 0) is 58.9 Å². The first-order valence-electron chi connectivity index (χ1n) is 9.52. The Kier molecular flexibility index (Phi) is 5.11. The van der Waals surface area contributed by atoms with E-state index in [0.29, 0.717) is 6.42 Å². The third-order valence-corrected chi connectivity index (χ3v) is 5.27. The Labute approximate surface area is 164 Å². The highest BCUT2D eigenvalue weighted by Crippen LogP contribution is 2.30. The second kappa shape index (κ2) is 7.85. The van der Waals surface area contributed by atoms with Gasteiger partial charge in [-0.3, -0.25) is 4.79 Å². The summed E-state index contributed by atoms with van der Waals surface area (Å²) >= 11 is 0. The van der Waals surface area contributed by atoms with E-state index in [1.807, 2.05) is 42.5 Å². The number of benzene rings is 3. The number of rotatable bonds is 5. The highest BCUT2D eigenvalue weighted by Gasteiger charge is 2.18. The molecule has 0 radical (unpaired) electrons.